The van der Waals surface area contributed by atoms with Crippen LogP contribution in [-0.2, 0) is 10.5 Å². The molecule has 0 aromatic heterocycles. The fraction of sp³-hybridized carbons (Fsp3) is 0.294. The molecule has 6 heteroatoms. The fourth-order valence-corrected chi connectivity index (χ4v) is 7.43. The van der Waals surface area contributed by atoms with E-state index in [4.69, 9.17) is 5.73 Å². The second-order valence-electron chi connectivity index (χ2n) is 11.6. The van der Waals surface area contributed by atoms with Crippen LogP contribution in [0.15, 0.2) is 88.2 Å². The molecule has 3 aromatic rings. The highest BCUT2D eigenvalue weighted by Gasteiger charge is 2.45. The number of hydrogen-bond acceptors (Lipinski definition) is 5. The van der Waals surface area contributed by atoms with Gasteiger partial charge in [-0.25, -0.2) is 0 Å². The number of benzene rings is 3. The summed E-state index contributed by atoms with van der Waals surface area (Å²) in [6.45, 7) is 10.6. The molecule has 1 atom stereocenters. The number of nitrogens with two attached hydrogens (primary N) is 1. The summed E-state index contributed by atoms with van der Waals surface area (Å²) in [7, 11) is 0. The predicted molar refractivity (Wildman–Crippen MR) is 173 cm³/mol. The average Bonchev–Trinajstić information content (AvgIpc) is 2.89. The minimum atomic E-state index is -0.481. The Hall–Kier alpha value is -3.02. The van der Waals surface area contributed by atoms with Crippen LogP contribution in [0.5, 0.6) is 0 Å². The number of carbonyl (C=O) groups excluding carboxylic acids is 1. The van der Waals surface area contributed by atoms with Crippen molar-refractivity contribution in [2.75, 3.05) is 4.90 Å². The Morgan fingerprint density at radius 2 is 1.77 bits per heavy atom. The summed E-state index contributed by atoms with van der Waals surface area (Å²) in [6, 6.07) is 23.3. The molecule has 2 aliphatic rings. The number of thioether (sulfide) groups is 1. The molecule has 0 saturated heterocycles. The minimum absolute atomic E-state index is 0.101. The molecule has 204 valence electrons. The number of nitriles is 1. The molecule has 0 saturated carbocycles. The molecule has 1 aliphatic carbocycles. The Morgan fingerprint density at radius 3 is 2.45 bits per heavy atom. The molecule has 1 unspecified atom stereocenters. The maximum absolute atomic E-state index is 14.0. The highest BCUT2D eigenvalue weighted by atomic mass is 127. The normalized spacial score (nSPS) is 18.6. The molecule has 2 N–H and O–H groups in total. The van der Waals surface area contributed by atoms with Gasteiger partial charge in [0.05, 0.1) is 17.6 Å². The van der Waals surface area contributed by atoms with Crippen LogP contribution in [0.3, 0.4) is 0 Å². The lowest BCUT2D eigenvalue weighted by Crippen LogP contribution is -2.42. The quantitative estimate of drug-likeness (QED) is 0.220. The topological polar surface area (TPSA) is 70.1 Å². The van der Waals surface area contributed by atoms with Crippen molar-refractivity contribution in [1.82, 2.24) is 0 Å². The van der Waals surface area contributed by atoms with Crippen LogP contribution in [0.2, 0.25) is 0 Å². The van der Waals surface area contributed by atoms with Gasteiger partial charge < -0.3 is 5.73 Å². The van der Waals surface area contributed by atoms with E-state index in [0.717, 1.165) is 43.0 Å². The monoisotopic (exact) mass is 659 g/mol. The van der Waals surface area contributed by atoms with Crippen LogP contribution >= 0.6 is 34.4 Å². The van der Waals surface area contributed by atoms with Gasteiger partial charge >= 0.3 is 0 Å². The van der Waals surface area contributed by atoms with E-state index in [-0.39, 0.29) is 11.2 Å². The molecule has 1 heterocycles. The number of nitrogens with zero attached hydrogens (tertiary/aromatic N) is 2. The fourth-order valence-electron chi connectivity index (χ4n) is 5.99. The zero-order valence-electron chi connectivity index (χ0n) is 23.6. The van der Waals surface area contributed by atoms with E-state index >= 15 is 0 Å². The summed E-state index contributed by atoms with van der Waals surface area (Å²) in [5.41, 5.74) is 15.3. The third-order valence-corrected chi connectivity index (χ3v) is 9.90. The molecule has 0 amide bonds. The van der Waals surface area contributed by atoms with Crippen molar-refractivity contribution in [2.45, 2.75) is 64.0 Å². The van der Waals surface area contributed by atoms with E-state index < -0.39 is 5.92 Å². The summed E-state index contributed by atoms with van der Waals surface area (Å²) in [5.74, 6) is 0.838. The largest absolute Gasteiger partial charge is 0.384 e. The van der Waals surface area contributed by atoms with Crippen molar-refractivity contribution < 1.29 is 4.79 Å². The van der Waals surface area contributed by atoms with E-state index in [0.29, 0.717) is 24.2 Å². The highest BCUT2D eigenvalue weighted by molar-refractivity contribution is 14.1. The Bertz CT molecular complexity index is 1610. The summed E-state index contributed by atoms with van der Waals surface area (Å²) in [4.78, 5) is 17.2. The number of hydrogen-bond donors (Lipinski definition) is 1. The smallest absolute Gasteiger partial charge is 0.162 e. The lowest BCUT2D eigenvalue weighted by atomic mass is 9.68. The van der Waals surface area contributed by atoms with E-state index in [2.05, 4.69) is 99.7 Å². The molecule has 5 rings (SSSR count). The van der Waals surface area contributed by atoms with Gasteiger partial charge in [-0.3, -0.25) is 9.69 Å². The molecule has 0 spiro atoms. The number of carbonyl (C=O) groups is 1. The van der Waals surface area contributed by atoms with Crippen LogP contribution in [0, 0.1) is 41.1 Å². The van der Waals surface area contributed by atoms with Crippen LogP contribution in [0.1, 0.15) is 60.4 Å². The first-order chi connectivity index (χ1) is 19.0. The number of rotatable bonds is 5. The molecule has 0 fully saturated rings. The lowest BCUT2D eigenvalue weighted by Gasteiger charge is -2.44. The van der Waals surface area contributed by atoms with Crippen molar-refractivity contribution in [3.05, 3.63) is 115 Å². The van der Waals surface area contributed by atoms with E-state index in [1.165, 1.54) is 16.0 Å². The van der Waals surface area contributed by atoms with E-state index in [9.17, 15) is 10.1 Å². The predicted octanol–water partition coefficient (Wildman–Crippen LogP) is 8.45. The molecule has 0 bridgehead atoms. The van der Waals surface area contributed by atoms with Crippen LogP contribution in [0.4, 0.5) is 5.69 Å². The van der Waals surface area contributed by atoms with Gasteiger partial charge in [-0.05, 0) is 108 Å². The van der Waals surface area contributed by atoms with Gasteiger partial charge in [-0.2, -0.15) is 5.26 Å². The minimum Gasteiger partial charge on any atom is -0.384 e. The molecule has 1 aliphatic heterocycles. The average molecular weight is 660 g/mol. The number of halogens is 1. The number of allylic oxidation sites excluding steroid dienone is 3. The Morgan fingerprint density at radius 1 is 1.07 bits per heavy atom. The second-order valence-corrected chi connectivity index (χ2v) is 13.9. The summed E-state index contributed by atoms with van der Waals surface area (Å²) < 4.78 is 1.11. The summed E-state index contributed by atoms with van der Waals surface area (Å²) in [5, 5.41) is 10.5. The molecular weight excluding hydrogens is 625 g/mol. The third kappa shape index (κ3) is 5.34. The van der Waals surface area contributed by atoms with Crippen molar-refractivity contribution in [1.29, 1.82) is 5.26 Å². The Balaban J connectivity index is 1.67. The van der Waals surface area contributed by atoms with Crippen molar-refractivity contribution >= 4 is 45.8 Å². The lowest BCUT2D eigenvalue weighted by molar-refractivity contribution is -0.118. The van der Waals surface area contributed by atoms with Crippen LogP contribution in [0.25, 0.3) is 0 Å². The third-order valence-electron chi connectivity index (χ3n) is 7.95. The highest BCUT2D eigenvalue weighted by Crippen LogP contribution is 2.51. The van der Waals surface area contributed by atoms with Crippen molar-refractivity contribution in [2.24, 2.45) is 11.1 Å². The second kappa shape index (κ2) is 11.1. The van der Waals surface area contributed by atoms with Crippen LogP contribution in [-0.4, -0.2) is 5.78 Å². The molecule has 0 radical (unpaired) electrons. The molecule has 4 nitrogen and oxygen atoms in total. The maximum atomic E-state index is 14.0. The Kier molecular flexibility index (Phi) is 7.91. The Labute approximate surface area is 255 Å². The first kappa shape index (κ1) is 28.5. The van der Waals surface area contributed by atoms with Gasteiger partial charge in [-0.15, -0.1) is 11.8 Å². The van der Waals surface area contributed by atoms with Crippen molar-refractivity contribution in [3.63, 3.8) is 0 Å². The van der Waals surface area contributed by atoms with Gasteiger partial charge in [0, 0.05) is 37.6 Å². The standard InChI is InChI=1S/C34H34IN3OS/c1-20-14-23(19-40-30-9-7-6-8-21(30)2)22(3)26(15-20)31-27(18-36)33(37)38(25-12-10-24(35)11-13-25)28-16-34(4,5)17-29(39)32(28)31/h6-15,31H,16-17,19,37H2,1-5H3. The van der Waals surface area contributed by atoms with Gasteiger partial charge in [0.15, 0.2) is 5.78 Å². The first-order valence-electron chi connectivity index (χ1n) is 13.5. The van der Waals surface area contributed by atoms with Gasteiger partial charge in [0.25, 0.3) is 0 Å². The van der Waals surface area contributed by atoms with E-state index in [1.54, 1.807) is 0 Å². The molecular formula is C34H34IN3OS. The van der Waals surface area contributed by atoms with E-state index in [1.807, 2.05) is 40.9 Å². The molecule has 3 aromatic carbocycles. The number of ketones is 1. The van der Waals surface area contributed by atoms with Gasteiger partial charge in [0.1, 0.15) is 5.82 Å². The number of Topliss-reactive ketones (excluding diaryl/α,β-unsaturated/α-hetero) is 1. The zero-order valence-corrected chi connectivity index (χ0v) is 26.6. The SMILES string of the molecule is Cc1cc(CSc2ccccc2C)c(C)c(C2C(C#N)=C(N)N(c3ccc(I)cc3)C3=C2C(=O)CC(C)(C)C3)c1. The number of aryl methyl sites for hydroxylation is 2. The number of anilines is 1. The summed E-state index contributed by atoms with van der Waals surface area (Å²) >= 11 is 4.10. The molecule has 40 heavy (non-hydrogen) atoms. The van der Waals surface area contributed by atoms with Crippen molar-refractivity contribution in [3.8, 4) is 6.07 Å². The zero-order chi connectivity index (χ0) is 28.8. The van der Waals surface area contributed by atoms with Crippen LogP contribution < -0.4 is 10.6 Å². The van der Waals surface area contributed by atoms with Gasteiger partial charge in [0.2, 0.25) is 0 Å². The summed E-state index contributed by atoms with van der Waals surface area (Å²) in [6.07, 6.45) is 1.15. The van der Waals surface area contributed by atoms with Gasteiger partial charge in [-0.1, -0.05) is 49.7 Å². The maximum Gasteiger partial charge on any atom is 0.162 e. The first-order valence-corrected chi connectivity index (χ1v) is 15.6.